The third-order valence-electron chi connectivity index (χ3n) is 16.6. The van der Waals surface area contributed by atoms with Crippen LogP contribution in [0.5, 0.6) is 0 Å². The molecule has 0 saturated carbocycles. The summed E-state index contributed by atoms with van der Waals surface area (Å²) >= 11 is 0. The van der Waals surface area contributed by atoms with E-state index in [1.54, 1.807) is 0 Å². The molecule has 0 radical (unpaired) electrons. The Balaban J connectivity index is 2.40. The number of phosphoric ester groups is 2. The zero-order chi connectivity index (χ0) is 63.8. The van der Waals surface area contributed by atoms with Crippen LogP contribution in [-0.4, -0.2) is 143 Å². The van der Waals surface area contributed by atoms with Crippen molar-refractivity contribution in [2.24, 2.45) is 0 Å². The molecule has 0 aliphatic carbocycles. The molecule has 2 aliphatic rings. The molecule has 2 rings (SSSR count). The Hall–Kier alpha value is -1.42. The fourth-order valence-corrected chi connectivity index (χ4v) is 12.6. The Bertz CT molecular complexity index is 1800. The van der Waals surface area contributed by atoms with Crippen molar-refractivity contribution in [1.29, 1.82) is 0 Å². The lowest BCUT2D eigenvalue weighted by Crippen LogP contribution is -2.67. The summed E-state index contributed by atoms with van der Waals surface area (Å²) in [6.07, 6.45) is 31.9. The summed E-state index contributed by atoms with van der Waals surface area (Å²) < 4.78 is 73.3. The van der Waals surface area contributed by atoms with Gasteiger partial charge < -0.3 is 68.8 Å². The number of amides is 2. The number of unbranched alkanes of at least 4 members (excludes halogenated alkanes) is 32. The number of allylic oxidation sites excluding steroid dienone is 2. The zero-order valence-corrected chi connectivity index (χ0v) is 56.6. The van der Waals surface area contributed by atoms with E-state index in [0.29, 0.717) is 25.7 Å². The van der Waals surface area contributed by atoms with Gasteiger partial charge >= 0.3 is 15.6 Å². The average Bonchev–Trinajstić information content (AvgIpc) is 3.67. The molecule has 2 fully saturated rings. The molecule has 11 atom stereocenters. The van der Waals surface area contributed by atoms with Crippen LogP contribution in [0.2, 0.25) is 0 Å². The van der Waals surface area contributed by atoms with Gasteiger partial charge in [-0.2, -0.15) is 0 Å². The highest BCUT2D eigenvalue weighted by molar-refractivity contribution is 7.46. The van der Waals surface area contributed by atoms with Crippen LogP contribution in [-0.2, 0) is 56.2 Å². The fraction of sp³-hybridized carbons (Fsp3) is 0.938. The van der Waals surface area contributed by atoms with Crippen LogP contribution in [0.4, 0.5) is 0 Å². The molecule has 87 heavy (non-hydrogen) atoms. The summed E-state index contributed by atoms with van der Waals surface area (Å²) in [6, 6.07) is -2.69. The molecular weight excluding hydrogens is 1160 g/mol. The topological polar surface area (TPSA) is 288 Å². The Morgan fingerprint density at radius 2 is 0.862 bits per heavy atom. The number of carbonyl (C=O) groups excluding carboxylic acids is 2. The molecule has 20 nitrogen and oxygen atoms in total. The summed E-state index contributed by atoms with van der Waals surface area (Å²) in [5, 5.41) is 29.0. The lowest BCUT2D eigenvalue weighted by Gasteiger charge is -2.47. The maximum absolute atomic E-state index is 14.1. The third kappa shape index (κ3) is 41.0. The quantitative estimate of drug-likeness (QED) is 0.0160. The van der Waals surface area contributed by atoms with Crippen molar-refractivity contribution < 1.29 is 86.0 Å². The van der Waals surface area contributed by atoms with Gasteiger partial charge in [0.1, 0.15) is 48.7 Å². The minimum absolute atomic E-state index is 0.0946. The Morgan fingerprint density at radius 3 is 1.33 bits per heavy atom. The standard InChI is InChI=1S/C65H126N2O18P2/c1-6-10-14-18-21-24-26-27-28-29-31-33-35-39-43-47-57(70)67-59-63(80-50-48-53(68)45-41-37-17-13-9-4)61(84-86(72,73)74)55(51-78-5)83-64(59)81-52-54-60(71)62(79-49-44-40-36-23-20-16-12-8-3)58(65(82-54)85-87(75,76)77)66-56(69)46-42-38-34-32-30-25-22-19-15-11-7-2/h24,26,53-55,58-65,68,71H,6-23,25,27-52H2,1-5H3,(H,66,69)(H,67,70)(H2,72,73,74)(H2,75,76,77)/t53?,54-,55-,58-,59-,60-,61-,62-,63-,64-,65-/m1/s1. The van der Waals surface area contributed by atoms with Crippen molar-refractivity contribution in [1.82, 2.24) is 10.6 Å². The zero-order valence-electron chi connectivity index (χ0n) is 54.8. The number of hydrogen-bond acceptors (Lipinski definition) is 14. The van der Waals surface area contributed by atoms with Crippen LogP contribution in [0.25, 0.3) is 0 Å². The lowest BCUT2D eigenvalue weighted by atomic mass is 9.95. The fourth-order valence-electron chi connectivity index (χ4n) is 11.5. The molecule has 0 aromatic heterocycles. The van der Waals surface area contributed by atoms with E-state index in [0.717, 1.165) is 148 Å². The van der Waals surface area contributed by atoms with Crippen molar-refractivity contribution >= 4 is 27.5 Å². The highest BCUT2D eigenvalue weighted by Gasteiger charge is 2.53. The maximum atomic E-state index is 14.1. The molecule has 0 bridgehead atoms. The van der Waals surface area contributed by atoms with E-state index >= 15 is 0 Å². The third-order valence-corrected chi connectivity index (χ3v) is 17.6. The highest BCUT2D eigenvalue weighted by Crippen LogP contribution is 2.44. The number of carbonyl (C=O) groups is 2. The monoisotopic (exact) mass is 1280 g/mol. The van der Waals surface area contributed by atoms with Crippen molar-refractivity contribution in [2.75, 3.05) is 33.5 Å². The molecule has 0 aromatic carbocycles. The van der Waals surface area contributed by atoms with Gasteiger partial charge in [-0.05, 0) is 57.8 Å². The summed E-state index contributed by atoms with van der Waals surface area (Å²) in [6.45, 7) is 7.91. The van der Waals surface area contributed by atoms with Crippen LogP contribution in [0, 0.1) is 0 Å². The number of aliphatic hydroxyl groups excluding tert-OH is 2. The van der Waals surface area contributed by atoms with Gasteiger partial charge in [0.05, 0.1) is 19.3 Å². The van der Waals surface area contributed by atoms with E-state index in [1.807, 2.05) is 0 Å². The number of ether oxygens (including phenoxy) is 6. The highest BCUT2D eigenvalue weighted by atomic mass is 31.2. The van der Waals surface area contributed by atoms with Crippen LogP contribution in [0.1, 0.15) is 291 Å². The molecule has 0 aromatic rings. The van der Waals surface area contributed by atoms with Gasteiger partial charge in [-0.15, -0.1) is 0 Å². The van der Waals surface area contributed by atoms with Crippen molar-refractivity contribution in [3.05, 3.63) is 12.2 Å². The molecule has 22 heteroatoms. The SMILES string of the molecule is CCCCCCC=CCCCCCCCCCC(=O)N[C@H]1[C@H](OC[C@H]2O[C@H](OP(=O)(O)O)[C@H](NC(=O)CCCCCCCCCCCCC)[C@@H](OCCCCCCCCCC)[C@@H]2O)O[C@H](COC)[C@@H](OP(=O)(O)O)[C@@H]1OCCC(O)CCCCCCC. The van der Waals surface area contributed by atoms with Gasteiger partial charge in [0, 0.05) is 33.2 Å². The van der Waals surface area contributed by atoms with Crippen molar-refractivity contribution in [3.63, 3.8) is 0 Å². The van der Waals surface area contributed by atoms with E-state index in [9.17, 15) is 48.5 Å². The molecule has 8 N–H and O–H groups in total. The van der Waals surface area contributed by atoms with Gasteiger partial charge in [-0.25, -0.2) is 9.13 Å². The summed E-state index contributed by atoms with van der Waals surface area (Å²) in [4.78, 5) is 68.8. The second kappa shape index (κ2) is 52.0. The van der Waals surface area contributed by atoms with Crippen molar-refractivity contribution in [2.45, 2.75) is 358 Å². The van der Waals surface area contributed by atoms with E-state index in [4.69, 9.17) is 37.5 Å². The minimum Gasteiger partial charge on any atom is -0.393 e. The molecule has 2 heterocycles. The Morgan fingerprint density at radius 1 is 0.460 bits per heavy atom. The predicted molar refractivity (Wildman–Crippen MR) is 342 cm³/mol. The number of nitrogens with one attached hydrogen (secondary N) is 2. The summed E-state index contributed by atoms with van der Waals surface area (Å²) in [7, 11) is -9.23. The molecule has 1 unspecified atom stereocenters. The lowest BCUT2D eigenvalue weighted by molar-refractivity contribution is -0.301. The largest absolute Gasteiger partial charge is 0.472 e. The van der Waals surface area contributed by atoms with Gasteiger partial charge in [0.25, 0.3) is 0 Å². The summed E-state index contributed by atoms with van der Waals surface area (Å²) in [5.74, 6) is -0.857. The predicted octanol–water partition coefficient (Wildman–Crippen LogP) is 13.8. The average molecular weight is 1290 g/mol. The van der Waals surface area contributed by atoms with Crippen LogP contribution < -0.4 is 10.6 Å². The van der Waals surface area contributed by atoms with E-state index < -0.39 is 101 Å². The molecule has 514 valence electrons. The van der Waals surface area contributed by atoms with Crippen LogP contribution >= 0.6 is 15.6 Å². The number of phosphoric acid groups is 2. The molecule has 0 spiro atoms. The van der Waals surface area contributed by atoms with Gasteiger partial charge in [0.2, 0.25) is 11.8 Å². The van der Waals surface area contributed by atoms with Crippen molar-refractivity contribution in [3.8, 4) is 0 Å². The smallest absolute Gasteiger partial charge is 0.393 e. The minimum atomic E-state index is -5.32. The first kappa shape index (κ1) is 81.7. The maximum Gasteiger partial charge on any atom is 0.472 e. The summed E-state index contributed by atoms with van der Waals surface area (Å²) in [5.41, 5.74) is 0. The Labute approximate surface area is 526 Å². The van der Waals surface area contributed by atoms with E-state index in [1.165, 1.54) is 77.7 Å². The van der Waals surface area contributed by atoms with Crippen LogP contribution in [0.15, 0.2) is 12.2 Å². The first-order valence-electron chi connectivity index (χ1n) is 34.7. The number of hydrogen-bond donors (Lipinski definition) is 8. The first-order valence-corrected chi connectivity index (χ1v) is 37.8. The number of rotatable bonds is 58. The molecule has 2 aliphatic heterocycles. The Kier molecular flexibility index (Phi) is 48.8. The second-order valence-corrected chi connectivity index (χ2v) is 27.0. The molecule has 2 amide bonds. The molecular formula is C65H126N2O18P2. The molecule has 2 saturated heterocycles. The van der Waals surface area contributed by atoms with Gasteiger partial charge in [-0.1, -0.05) is 232 Å². The van der Waals surface area contributed by atoms with E-state index in [-0.39, 0.29) is 39.1 Å². The number of aliphatic hydroxyl groups is 2. The first-order chi connectivity index (χ1) is 42.0. The van der Waals surface area contributed by atoms with Gasteiger partial charge in [-0.3, -0.25) is 18.6 Å². The second-order valence-electron chi connectivity index (χ2n) is 24.6. The normalized spacial score (nSPS) is 23.2. The van der Waals surface area contributed by atoms with Crippen LogP contribution in [0.3, 0.4) is 0 Å². The number of methoxy groups -OCH3 is 1. The van der Waals surface area contributed by atoms with Gasteiger partial charge in [0.15, 0.2) is 12.6 Å². The van der Waals surface area contributed by atoms with E-state index in [2.05, 4.69) is 50.5 Å².